The number of carbonyl (C=O) groups excluding carboxylic acids is 2. The molecule has 3 aromatic heterocycles. The van der Waals surface area contributed by atoms with Crippen LogP contribution in [0.2, 0.25) is 0 Å². The van der Waals surface area contributed by atoms with Gasteiger partial charge >= 0.3 is 0 Å². The number of amides is 1. The van der Waals surface area contributed by atoms with E-state index in [-0.39, 0.29) is 23.4 Å². The van der Waals surface area contributed by atoms with Crippen molar-refractivity contribution in [2.24, 2.45) is 0 Å². The van der Waals surface area contributed by atoms with E-state index in [4.69, 9.17) is 4.42 Å². The van der Waals surface area contributed by atoms with Gasteiger partial charge in [-0.15, -0.1) is 10.2 Å². The molecule has 1 aliphatic heterocycles. The molecule has 0 unspecified atom stereocenters. The zero-order valence-corrected chi connectivity index (χ0v) is 18.0. The second kappa shape index (κ2) is 8.43. The smallest absolute Gasteiger partial charge is 0.231 e. The maximum absolute atomic E-state index is 12.9. The molecular weight excluding hydrogens is 426 g/mol. The Hall–Kier alpha value is -3.72. The third-order valence-electron chi connectivity index (χ3n) is 5.35. The molecule has 0 bridgehead atoms. The van der Waals surface area contributed by atoms with Gasteiger partial charge < -0.3 is 9.73 Å². The van der Waals surface area contributed by atoms with Gasteiger partial charge in [0.05, 0.1) is 24.5 Å². The first-order chi connectivity index (χ1) is 15.6. The average Bonchev–Trinajstić information content (AvgIpc) is 3.54. The Morgan fingerprint density at radius 3 is 2.91 bits per heavy atom. The molecule has 4 heterocycles. The number of nitrogens with one attached hydrogen (secondary N) is 1. The summed E-state index contributed by atoms with van der Waals surface area (Å²) >= 11 is 1.32. The highest BCUT2D eigenvalue weighted by Crippen LogP contribution is 2.33. The van der Waals surface area contributed by atoms with Crippen LogP contribution in [0.5, 0.6) is 0 Å². The number of Topliss-reactive ketones (excluding diaryl/α,β-unsaturated/α-hetero) is 1. The molecule has 0 saturated carbocycles. The lowest BCUT2D eigenvalue weighted by Gasteiger charge is -2.09. The van der Waals surface area contributed by atoms with Crippen LogP contribution in [0.4, 0.5) is 5.69 Å². The van der Waals surface area contributed by atoms with E-state index in [1.54, 1.807) is 36.9 Å². The largest absolute Gasteiger partial charge is 0.467 e. The van der Waals surface area contributed by atoms with Gasteiger partial charge in [0, 0.05) is 29.2 Å². The normalized spacial score (nSPS) is 14.9. The van der Waals surface area contributed by atoms with Gasteiger partial charge in [-0.05, 0) is 55.0 Å². The molecule has 0 saturated heterocycles. The van der Waals surface area contributed by atoms with Crippen molar-refractivity contribution in [2.75, 3.05) is 11.1 Å². The van der Waals surface area contributed by atoms with Crippen LogP contribution >= 0.6 is 11.8 Å². The zero-order chi connectivity index (χ0) is 22.1. The molecule has 0 spiro atoms. The van der Waals surface area contributed by atoms with Crippen LogP contribution in [-0.4, -0.2) is 37.2 Å². The number of benzene rings is 1. The SMILES string of the molecule is C[C@@H]1C(=O)Nc2ccc(C(=O)CSc3nnc(-c4cccnc4)n3Cc3ccco3)cc21. The number of rotatable bonds is 7. The molecule has 1 aromatic carbocycles. The monoisotopic (exact) mass is 445 g/mol. The molecule has 1 atom stereocenters. The van der Waals surface area contributed by atoms with E-state index >= 15 is 0 Å². The molecule has 32 heavy (non-hydrogen) atoms. The lowest BCUT2D eigenvalue weighted by Crippen LogP contribution is -2.08. The quantitative estimate of drug-likeness (QED) is 0.339. The Morgan fingerprint density at radius 1 is 1.22 bits per heavy atom. The molecule has 1 N–H and O–H groups in total. The minimum atomic E-state index is -0.260. The highest BCUT2D eigenvalue weighted by atomic mass is 32.2. The van der Waals surface area contributed by atoms with Crippen molar-refractivity contribution in [2.45, 2.75) is 24.5 Å². The summed E-state index contributed by atoms with van der Waals surface area (Å²) in [5.74, 6) is 1.25. The van der Waals surface area contributed by atoms with Gasteiger partial charge in [0.15, 0.2) is 16.8 Å². The summed E-state index contributed by atoms with van der Waals surface area (Å²) in [6, 6.07) is 12.8. The van der Waals surface area contributed by atoms with Crippen LogP contribution in [0.15, 0.2) is 70.7 Å². The van der Waals surface area contributed by atoms with E-state index < -0.39 is 0 Å². The van der Waals surface area contributed by atoms with E-state index in [1.165, 1.54) is 11.8 Å². The second-order valence-corrected chi connectivity index (χ2v) is 8.38. The van der Waals surface area contributed by atoms with Crippen molar-refractivity contribution >= 4 is 29.1 Å². The maximum Gasteiger partial charge on any atom is 0.231 e. The van der Waals surface area contributed by atoms with Crippen LogP contribution in [0.25, 0.3) is 11.4 Å². The van der Waals surface area contributed by atoms with Crippen molar-refractivity contribution in [3.05, 3.63) is 78.0 Å². The summed E-state index contributed by atoms with van der Waals surface area (Å²) in [5.41, 5.74) is 3.02. The number of hydrogen-bond donors (Lipinski definition) is 1. The van der Waals surface area contributed by atoms with E-state index in [9.17, 15) is 9.59 Å². The molecule has 1 amide bonds. The Kier molecular flexibility index (Phi) is 5.32. The molecular formula is C23H19N5O3S. The van der Waals surface area contributed by atoms with Crippen LogP contribution < -0.4 is 5.32 Å². The lowest BCUT2D eigenvalue weighted by atomic mass is 9.99. The first-order valence-electron chi connectivity index (χ1n) is 10.1. The van der Waals surface area contributed by atoms with Gasteiger partial charge in [-0.2, -0.15) is 0 Å². The summed E-state index contributed by atoms with van der Waals surface area (Å²) in [6.07, 6.45) is 5.04. The maximum atomic E-state index is 12.9. The number of furan rings is 1. The minimum Gasteiger partial charge on any atom is -0.467 e. The third kappa shape index (κ3) is 3.82. The molecule has 0 radical (unpaired) electrons. The number of thioether (sulfide) groups is 1. The van der Waals surface area contributed by atoms with Crippen LogP contribution in [0.1, 0.15) is 34.5 Å². The summed E-state index contributed by atoms with van der Waals surface area (Å²) in [4.78, 5) is 28.9. The van der Waals surface area contributed by atoms with Crippen LogP contribution in [0.3, 0.4) is 0 Å². The summed E-state index contributed by atoms with van der Waals surface area (Å²) < 4.78 is 7.43. The fourth-order valence-electron chi connectivity index (χ4n) is 3.61. The number of pyridine rings is 1. The van der Waals surface area contributed by atoms with Gasteiger partial charge in [-0.25, -0.2) is 0 Å². The van der Waals surface area contributed by atoms with Gasteiger partial charge in [-0.1, -0.05) is 11.8 Å². The fraction of sp³-hybridized carbons (Fsp3) is 0.174. The Morgan fingerprint density at radius 2 is 2.12 bits per heavy atom. The van der Waals surface area contributed by atoms with Crippen molar-refractivity contribution in [1.82, 2.24) is 19.7 Å². The van der Waals surface area contributed by atoms with Gasteiger partial charge in [-0.3, -0.25) is 19.1 Å². The van der Waals surface area contributed by atoms with Gasteiger partial charge in [0.1, 0.15) is 5.76 Å². The summed E-state index contributed by atoms with van der Waals surface area (Å²) in [7, 11) is 0. The van der Waals surface area contributed by atoms with Crippen LogP contribution in [-0.2, 0) is 11.3 Å². The molecule has 160 valence electrons. The van der Waals surface area contributed by atoms with E-state index in [0.717, 1.165) is 22.6 Å². The topological polar surface area (TPSA) is 103 Å². The predicted octanol–water partition coefficient (Wildman–Crippen LogP) is 4.01. The predicted molar refractivity (Wildman–Crippen MR) is 120 cm³/mol. The third-order valence-corrected chi connectivity index (χ3v) is 6.32. The molecule has 9 heteroatoms. The number of anilines is 1. The highest BCUT2D eigenvalue weighted by molar-refractivity contribution is 7.99. The van der Waals surface area contributed by atoms with Crippen molar-refractivity contribution in [3.8, 4) is 11.4 Å². The zero-order valence-electron chi connectivity index (χ0n) is 17.2. The van der Waals surface area contributed by atoms with Gasteiger partial charge in [0.2, 0.25) is 5.91 Å². The Labute approximate surface area is 188 Å². The lowest BCUT2D eigenvalue weighted by molar-refractivity contribution is -0.116. The number of nitrogens with zero attached hydrogens (tertiary/aromatic N) is 4. The van der Waals surface area contributed by atoms with Crippen molar-refractivity contribution < 1.29 is 14.0 Å². The molecule has 4 aromatic rings. The first-order valence-corrected chi connectivity index (χ1v) is 11.1. The fourth-order valence-corrected chi connectivity index (χ4v) is 4.44. The van der Waals surface area contributed by atoms with E-state index in [1.807, 2.05) is 35.8 Å². The molecule has 5 rings (SSSR count). The number of hydrogen-bond acceptors (Lipinski definition) is 7. The minimum absolute atomic E-state index is 0.0418. The second-order valence-electron chi connectivity index (χ2n) is 7.44. The number of fused-ring (bicyclic) bond motifs is 1. The number of ketones is 1. The summed E-state index contributed by atoms with van der Waals surface area (Å²) in [6.45, 7) is 2.27. The Balaban J connectivity index is 1.38. The highest BCUT2D eigenvalue weighted by Gasteiger charge is 2.27. The van der Waals surface area contributed by atoms with E-state index in [0.29, 0.717) is 23.1 Å². The summed E-state index contributed by atoms with van der Waals surface area (Å²) in [5, 5.41) is 12.1. The van der Waals surface area contributed by atoms with Crippen molar-refractivity contribution in [1.29, 1.82) is 0 Å². The molecule has 8 nitrogen and oxygen atoms in total. The average molecular weight is 446 g/mol. The Bertz CT molecular complexity index is 1280. The molecule has 0 aliphatic carbocycles. The first kappa shape index (κ1) is 20.2. The van der Waals surface area contributed by atoms with Crippen molar-refractivity contribution in [3.63, 3.8) is 0 Å². The standard InChI is InChI=1S/C23H19N5O3S/c1-14-18-10-15(6-7-19(18)25-22(14)30)20(29)13-32-23-27-26-21(16-4-2-8-24-11-16)28(23)12-17-5-3-9-31-17/h2-11,14H,12-13H2,1H3,(H,25,30)/t14-/m0/s1. The number of carbonyl (C=O) groups is 2. The van der Waals surface area contributed by atoms with E-state index in [2.05, 4.69) is 20.5 Å². The number of aromatic nitrogens is 4. The molecule has 1 aliphatic rings. The molecule has 0 fully saturated rings. The van der Waals surface area contributed by atoms with Gasteiger partial charge in [0.25, 0.3) is 0 Å². The van der Waals surface area contributed by atoms with Crippen LogP contribution in [0, 0.1) is 0 Å².